The van der Waals surface area contributed by atoms with E-state index in [-0.39, 0.29) is 5.92 Å². The van der Waals surface area contributed by atoms with Gasteiger partial charge in [-0.05, 0) is 12.8 Å². The van der Waals surface area contributed by atoms with Gasteiger partial charge in [0.05, 0.1) is 0 Å². The zero-order valence-electron chi connectivity index (χ0n) is 7.09. The standard InChI is InChI=1S/C8H18O2/c1-4-6-7(3)8(9,10)5-2/h7,9-10H,4-6H2,1-3H3. The molecule has 0 aromatic rings. The lowest BCUT2D eigenvalue weighted by Gasteiger charge is -2.26. The van der Waals surface area contributed by atoms with Crippen LogP contribution in [-0.2, 0) is 0 Å². The molecule has 62 valence electrons. The molecule has 0 fully saturated rings. The fourth-order valence-electron chi connectivity index (χ4n) is 1.01. The monoisotopic (exact) mass is 146 g/mol. The van der Waals surface area contributed by atoms with Gasteiger partial charge in [0.2, 0.25) is 0 Å². The highest BCUT2D eigenvalue weighted by molar-refractivity contribution is 4.69. The summed E-state index contributed by atoms with van der Waals surface area (Å²) in [6, 6.07) is 0. The molecule has 10 heavy (non-hydrogen) atoms. The molecule has 0 heterocycles. The van der Waals surface area contributed by atoms with Crippen LogP contribution in [0.2, 0.25) is 0 Å². The van der Waals surface area contributed by atoms with Gasteiger partial charge in [0.1, 0.15) is 0 Å². The van der Waals surface area contributed by atoms with Crippen molar-refractivity contribution >= 4 is 0 Å². The lowest BCUT2D eigenvalue weighted by atomic mass is 9.94. The Kier molecular flexibility index (Phi) is 3.91. The number of hydrogen-bond acceptors (Lipinski definition) is 2. The first-order chi connectivity index (χ1) is 4.54. The third kappa shape index (κ3) is 2.67. The molecule has 2 nitrogen and oxygen atoms in total. The molecule has 0 aromatic heterocycles. The molecular formula is C8H18O2. The molecule has 1 unspecified atom stereocenters. The van der Waals surface area contributed by atoms with Crippen LogP contribution in [0.15, 0.2) is 0 Å². The Bertz CT molecular complexity index is 89.3. The zero-order chi connectivity index (χ0) is 8.20. The van der Waals surface area contributed by atoms with Crippen LogP contribution >= 0.6 is 0 Å². The van der Waals surface area contributed by atoms with Crippen LogP contribution in [0.4, 0.5) is 0 Å². The van der Waals surface area contributed by atoms with Gasteiger partial charge in [-0.1, -0.05) is 27.2 Å². The van der Waals surface area contributed by atoms with Gasteiger partial charge in [0, 0.05) is 5.92 Å². The smallest absolute Gasteiger partial charge is 0.164 e. The van der Waals surface area contributed by atoms with Crippen LogP contribution in [0, 0.1) is 5.92 Å². The van der Waals surface area contributed by atoms with E-state index < -0.39 is 5.79 Å². The van der Waals surface area contributed by atoms with E-state index in [1.165, 1.54) is 0 Å². The lowest BCUT2D eigenvalue weighted by Crippen LogP contribution is -2.35. The summed E-state index contributed by atoms with van der Waals surface area (Å²) in [7, 11) is 0. The van der Waals surface area contributed by atoms with E-state index in [0.29, 0.717) is 6.42 Å². The van der Waals surface area contributed by atoms with Crippen molar-refractivity contribution in [2.75, 3.05) is 0 Å². The zero-order valence-corrected chi connectivity index (χ0v) is 7.09. The van der Waals surface area contributed by atoms with Gasteiger partial charge in [-0.3, -0.25) is 0 Å². The van der Waals surface area contributed by atoms with E-state index in [0.717, 1.165) is 12.8 Å². The van der Waals surface area contributed by atoms with Crippen molar-refractivity contribution in [2.24, 2.45) is 5.92 Å². The fourth-order valence-corrected chi connectivity index (χ4v) is 1.01. The molecule has 0 spiro atoms. The third-order valence-electron chi connectivity index (χ3n) is 2.03. The molecule has 0 amide bonds. The first kappa shape index (κ1) is 9.92. The van der Waals surface area contributed by atoms with Gasteiger partial charge in [-0.25, -0.2) is 0 Å². The predicted octanol–water partition coefficient (Wildman–Crippen LogP) is 1.51. The summed E-state index contributed by atoms with van der Waals surface area (Å²) in [4.78, 5) is 0. The molecule has 0 rings (SSSR count). The Morgan fingerprint density at radius 3 is 2.10 bits per heavy atom. The Morgan fingerprint density at radius 1 is 1.30 bits per heavy atom. The highest BCUT2D eigenvalue weighted by Gasteiger charge is 2.27. The first-order valence-corrected chi connectivity index (χ1v) is 3.99. The molecule has 0 aromatic carbocycles. The quantitative estimate of drug-likeness (QED) is 0.590. The normalized spacial score (nSPS) is 15.3. The van der Waals surface area contributed by atoms with Crippen LogP contribution in [0.3, 0.4) is 0 Å². The summed E-state index contributed by atoms with van der Waals surface area (Å²) in [5.74, 6) is -1.46. The van der Waals surface area contributed by atoms with Crippen molar-refractivity contribution in [3.63, 3.8) is 0 Å². The molecule has 0 saturated heterocycles. The summed E-state index contributed by atoms with van der Waals surface area (Å²) < 4.78 is 0. The van der Waals surface area contributed by atoms with E-state index in [1.807, 2.05) is 13.8 Å². The van der Waals surface area contributed by atoms with Crippen molar-refractivity contribution in [2.45, 2.75) is 45.8 Å². The van der Waals surface area contributed by atoms with Crippen LogP contribution in [-0.4, -0.2) is 16.0 Å². The van der Waals surface area contributed by atoms with Crippen molar-refractivity contribution in [1.82, 2.24) is 0 Å². The van der Waals surface area contributed by atoms with E-state index >= 15 is 0 Å². The number of rotatable bonds is 4. The highest BCUT2D eigenvalue weighted by Crippen LogP contribution is 2.21. The molecule has 0 aliphatic heterocycles. The van der Waals surface area contributed by atoms with Crippen LogP contribution < -0.4 is 0 Å². The van der Waals surface area contributed by atoms with Gasteiger partial charge in [-0.15, -0.1) is 0 Å². The Morgan fingerprint density at radius 2 is 1.80 bits per heavy atom. The van der Waals surface area contributed by atoms with Gasteiger partial charge >= 0.3 is 0 Å². The molecule has 2 heteroatoms. The number of hydrogen-bond donors (Lipinski definition) is 2. The predicted molar refractivity (Wildman–Crippen MR) is 41.5 cm³/mol. The molecular weight excluding hydrogens is 128 g/mol. The summed E-state index contributed by atoms with van der Waals surface area (Å²) in [5, 5.41) is 18.6. The minimum Gasteiger partial charge on any atom is -0.365 e. The van der Waals surface area contributed by atoms with Crippen molar-refractivity contribution in [3.05, 3.63) is 0 Å². The SMILES string of the molecule is CCCC(C)C(O)(O)CC. The molecule has 0 bridgehead atoms. The molecule has 0 radical (unpaired) electrons. The molecule has 1 atom stereocenters. The maximum atomic E-state index is 9.28. The van der Waals surface area contributed by atoms with Crippen LogP contribution in [0.1, 0.15) is 40.0 Å². The van der Waals surface area contributed by atoms with E-state index in [2.05, 4.69) is 0 Å². The molecule has 2 N–H and O–H groups in total. The Balaban J connectivity index is 3.78. The number of aliphatic hydroxyl groups is 2. The topological polar surface area (TPSA) is 40.5 Å². The van der Waals surface area contributed by atoms with Gasteiger partial charge in [0.15, 0.2) is 5.79 Å². The first-order valence-electron chi connectivity index (χ1n) is 3.99. The van der Waals surface area contributed by atoms with Gasteiger partial charge in [0.25, 0.3) is 0 Å². The Hall–Kier alpha value is -0.0800. The average molecular weight is 146 g/mol. The van der Waals surface area contributed by atoms with Crippen molar-refractivity contribution in [3.8, 4) is 0 Å². The highest BCUT2D eigenvalue weighted by atomic mass is 16.5. The summed E-state index contributed by atoms with van der Waals surface area (Å²) in [6.07, 6.45) is 2.29. The summed E-state index contributed by atoms with van der Waals surface area (Å²) in [5.41, 5.74) is 0. The Labute approximate surface area is 62.9 Å². The average Bonchev–Trinajstić information content (AvgIpc) is 1.89. The largest absolute Gasteiger partial charge is 0.365 e. The fraction of sp³-hybridized carbons (Fsp3) is 1.00. The maximum Gasteiger partial charge on any atom is 0.164 e. The molecule has 0 saturated carbocycles. The second-order valence-corrected chi connectivity index (χ2v) is 2.92. The maximum absolute atomic E-state index is 9.28. The van der Waals surface area contributed by atoms with Crippen LogP contribution in [0.25, 0.3) is 0 Å². The molecule has 0 aliphatic rings. The van der Waals surface area contributed by atoms with E-state index in [9.17, 15) is 10.2 Å². The second-order valence-electron chi connectivity index (χ2n) is 2.92. The minimum absolute atomic E-state index is 0.0116. The van der Waals surface area contributed by atoms with Crippen LogP contribution in [0.5, 0.6) is 0 Å². The molecule has 0 aliphatic carbocycles. The summed E-state index contributed by atoms with van der Waals surface area (Å²) >= 11 is 0. The minimum atomic E-state index is -1.45. The van der Waals surface area contributed by atoms with E-state index in [4.69, 9.17) is 0 Å². The van der Waals surface area contributed by atoms with Crippen molar-refractivity contribution < 1.29 is 10.2 Å². The van der Waals surface area contributed by atoms with Gasteiger partial charge < -0.3 is 10.2 Å². The summed E-state index contributed by atoms with van der Waals surface area (Å²) in [6.45, 7) is 5.70. The van der Waals surface area contributed by atoms with Crippen molar-refractivity contribution in [1.29, 1.82) is 0 Å². The third-order valence-corrected chi connectivity index (χ3v) is 2.03. The lowest BCUT2D eigenvalue weighted by molar-refractivity contribution is -0.198. The van der Waals surface area contributed by atoms with Gasteiger partial charge in [-0.2, -0.15) is 0 Å². The second kappa shape index (κ2) is 3.94. The van der Waals surface area contributed by atoms with E-state index in [1.54, 1.807) is 6.92 Å².